The maximum Gasteiger partial charge on any atom is 0.306 e. The Labute approximate surface area is 193 Å². The second kappa shape index (κ2) is 17.4. The smallest absolute Gasteiger partial charge is 0.306 e. The maximum absolute atomic E-state index is 11.9. The Bertz CT molecular complexity index is 513. The van der Waals surface area contributed by atoms with E-state index < -0.39 is 29.3 Å². The minimum Gasteiger partial charge on any atom is -0.465 e. The molecule has 8 nitrogen and oxygen atoms in total. The highest BCUT2D eigenvalue weighted by atomic mass is 32.1. The van der Waals surface area contributed by atoms with Crippen LogP contribution in [0, 0.1) is 5.41 Å². The fourth-order valence-electron chi connectivity index (χ4n) is 1.97. The topological polar surface area (TPSA) is 105 Å². The van der Waals surface area contributed by atoms with Crippen LogP contribution in [0.2, 0.25) is 0 Å². The van der Waals surface area contributed by atoms with E-state index in [0.29, 0.717) is 6.42 Å². The molecule has 0 heterocycles. The normalized spacial score (nSPS) is 10.8. The number of carbonyl (C=O) groups excluding carboxylic acids is 4. The molecule has 11 heteroatoms. The standard InChI is InChI=1S/C19H30O8S3/c1-2-3-4-15(20)24-11-19(12-25-16(21)5-8-28,13-26-17(22)6-9-29)14-27-18(23)7-10-30/h2,28-30H,1,3-14H2. The Hall–Kier alpha value is -1.33. The summed E-state index contributed by atoms with van der Waals surface area (Å²) >= 11 is 11.9. The van der Waals surface area contributed by atoms with Gasteiger partial charge in [0.25, 0.3) is 0 Å². The Morgan fingerprint density at radius 3 is 1.20 bits per heavy atom. The van der Waals surface area contributed by atoms with E-state index in [0.717, 1.165) is 0 Å². The second-order valence-corrected chi connectivity index (χ2v) is 7.73. The van der Waals surface area contributed by atoms with Crippen molar-refractivity contribution in [3.8, 4) is 0 Å². The summed E-state index contributed by atoms with van der Waals surface area (Å²) in [7, 11) is 0. The highest BCUT2D eigenvalue weighted by Crippen LogP contribution is 2.22. The van der Waals surface area contributed by atoms with Crippen LogP contribution in [0.15, 0.2) is 12.7 Å². The van der Waals surface area contributed by atoms with Crippen LogP contribution in [0.25, 0.3) is 0 Å². The first kappa shape index (κ1) is 28.7. The molecule has 0 N–H and O–H groups in total. The number of ether oxygens (including phenoxy) is 4. The van der Waals surface area contributed by atoms with E-state index in [4.69, 9.17) is 18.9 Å². The molecule has 0 aliphatic carbocycles. The molecule has 0 rings (SSSR count). The van der Waals surface area contributed by atoms with E-state index in [-0.39, 0.29) is 69.4 Å². The summed E-state index contributed by atoms with van der Waals surface area (Å²) in [5.41, 5.74) is -1.26. The van der Waals surface area contributed by atoms with Crippen molar-refractivity contribution in [2.24, 2.45) is 5.41 Å². The van der Waals surface area contributed by atoms with E-state index >= 15 is 0 Å². The van der Waals surface area contributed by atoms with Crippen molar-refractivity contribution >= 4 is 61.8 Å². The zero-order valence-electron chi connectivity index (χ0n) is 16.9. The molecule has 172 valence electrons. The van der Waals surface area contributed by atoms with Crippen LogP contribution in [0.1, 0.15) is 32.1 Å². The fourth-order valence-corrected chi connectivity index (χ4v) is 2.51. The summed E-state index contributed by atoms with van der Waals surface area (Å²) in [4.78, 5) is 47.4. The number of hydrogen-bond acceptors (Lipinski definition) is 11. The molecule has 0 bridgehead atoms. The number of allylic oxidation sites excluding steroid dienone is 1. The number of carbonyl (C=O) groups is 4. The highest BCUT2D eigenvalue weighted by molar-refractivity contribution is 7.80. The zero-order chi connectivity index (χ0) is 22.8. The van der Waals surface area contributed by atoms with Gasteiger partial charge in [-0.1, -0.05) is 6.08 Å². The SMILES string of the molecule is C=CCCC(=O)OCC(COC(=O)CCS)(COC(=O)CCS)COC(=O)CCS. The van der Waals surface area contributed by atoms with Crippen molar-refractivity contribution < 1.29 is 38.1 Å². The van der Waals surface area contributed by atoms with Gasteiger partial charge < -0.3 is 18.9 Å². The Morgan fingerprint density at radius 1 is 0.633 bits per heavy atom. The first-order chi connectivity index (χ1) is 14.3. The van der Waals surface area contributed by atoms with Crippen molar-refractivity contribution in [3.05, 3.63) is 12.7 Å². The third-order valence-electron chi connectivity index (χ3n) is 3.66. The van der Waals surface area contributed by atoms with Gasteiger partial charge in [-0.2, -0.15) is 37.9 Å². The maximum atomic E-state index is 11.9. The molecular formula is C19H30O8S3. The van der Waals surface area contributed by atoms with Crippen molar-refractivity contribution in [1.29, 1.82) is 0 Å². The molecule has 0 spiro atoms. The molecule has 0 unspecified atom stereocenters. The van der Waals surface area contributed by atoms with E-state index in [1.807, 2.05) is 0 Å². The van der Waals surface area contributed by atoms with Gasteiger partial charge in [0.2, 0.25) is 0 Å². The molecule has 0 saturated heterocycles. The minimum absolute atomic E-state index is 0.0667. The number of thiol groups is 3. The molecule has 0 radical (unpaired) electrons. The van der Waals surface area contributed by atoms with Crippen molar-refractivity contribution in [1.82, 2.24) is 0 Å². The molecule has 0 aromatic rings. The summed E-state index contributed by atoms with van der Waals surface area (Å²) in [6.07, 6.45) is 2.31. The Morgan fingerprint density at radius 2 is 0.933 bits per heavy atom. The van der Waals surface area contributed by atoms with Crippen molar-refractivity contribution in [3.63, 3.8) is 0 Å². The average molecular weight is 483 g/mol. The van der Waals surface area contributed by atoms with E-state index in [1.165, 1.54) is 0 Å². The third-order valence-corrected chi connectivity index (χ3v) is 4.33. The third kappa shape index (κ3) is 13.8. The van der Waals surface area contributed by atoms with Crippen LogP contribution in [-0.4, -0.2) is 67.6 Å². The predicted molar refractivity (Wildman–Crippen MR) is 121 cm³/mol. The molecule has 0 amide bonds. The van der Waals surface area contributed by atoms with E-state index in [9.17, 15) is 19.2 Å². The lowest BCUT2D eigenvalue weighted by Crippen LogP contribution is -2.44. The van der Waals surface area contributed by atoms with Gasteiger partial charge in [-0.3, -0.25) is 19.2 Å². The fraction of sp³-hybridized carbons (Fsp3) is 0.684. The number of esters is 4. The second-order valence-electron chi connectivity index (χ2n) is 6.39. The van der Waals surface area contributed by atoms with Gasteiger partial charge in [0, 0.05) is 23.7 Å². The predicted octanol–water partition coefficient (Wildman–Crippen LogP) is 2.07. The number of hydrogen-bond donors (Lipinski definition) is 3. The Kier molecular flexibility index (Phi) is 16.6. The van der Waals surface area contributed by atoms with Crippen LogP contribution in [0.5, 0.6) is 0 Å². The van der Waals surface area contributed by atoms with Crippen molar-refractivity contribution in [2.45, 2.75) is 32.1 Å². The van der Waals surface area contributed by atoms with Gasteiger partial charge in [0.15, 0.2) is 0 Å². The molecule has 0 aromatic heterocycles. The zero-order valence-corrected chi connectivity index (χ0v) is 19.6. The van der Waals surface area contributed by atoms with Gasteiger partial charge in [-0.25, -0.2) is 0 Å². The monoisotopic (exact) mass is 482 g/mol. The largest absolute Gasteiger partial charge is 0.465 e. The summed E-state index contributed by atoms with van der Waals surface area (Å²) in [5.74, 6) is -1.24. The first-order valence-corrected chi connectivity index (χ1v) is 11.3. The molecule has 0 aliphatic rings. The Balaban J connectivity index is 5.38. The van der Waals surface area contributed by atoms with Crippen LogP contribution < -0.4 is 0 Å². The molecule has 0 saturated carbocycles. The van der Waals surface area contributed by atoms with Gasteiger partial charge in [-0.05, 0) is 6.42 Å². The lowest BCUT2D eigenvalue weighted by atomic mass is 9.92. The van der Waals surface area contributed by atoms with Crippen LogP contribution in [0.3, 0.4) is 0 Å². The average Bonchev–Trinajstić information content (AvgIpc) is 2.72. The van der Waals surface area contributed by atoms with Crippen LogP contribution in [-0.2, 0) is 38.1 Å². The molecule has 30 heavy (non-hydrogen) atoms. The molecule has 0 atom stereocenters. The van der Waals surface area contributed by atoms with Crippen LogP contribution in [0.4, 0.5) is 0 Å². The highest BCUT2D eigenvalue weighted by Gasteiger charge is 2.37. The minimum atomic E-state index is -1.26. The lowest BCUT2D eigenvalue weighted by Gasteiger charge is -2.31. The molecule has 0 fully saturated rings. The quantitative estimate of drug-likeness (QED) is 0.125. The first-order valence-electron chi connectivity index (χ1n) is 9.38. The summed E-state index contributed by atoms with van der Waals surface area (Å²) in [6, 6.07) is 0. The molecule has 0 aromatic carbocycles. The summed E-state index contributed by atoms with van der Waals surface area (Å²) in [5, 5.41) is 0. The van der Waals surface area contributed by atoms with Crippen molar-refractivity contribution in [2.75, 3.05) is 43.7 Å². The van der Waals surface area contributed by atoms with Gasteiger partial charge in [0.05, 0.1) is 19.3 Å². The van der Waals surface area contributed by atoms with Crippen LogP contribution >= 0.6 is 37.9 Å². The van der Waals surface area contributed by atoms with E-state index in [2.05, 4.69) is 44.5 Å². The van der Waals surface area contributed by atoms with E-state index in [1.54, 1.807) is 6.08 Å². The lowest BCUT2D eigenvalue weighted by molar-refractivity contribution is -0.170. The van der Waals surface area contributed by atoms with Gasteiger partial charge in [-0.15, -0.1) is 6.58 Å². The number of rotatable bonds is 17. The van der Waals surface area contributed by atoms with Gasteiger partial charge >= 0.3 is 23.9 Å². The molecular weight excluding hydrogens is 452 g/mol. The summed E-state index contributed by atoms with van der Waals surface area (Å²) < 4.78 is 21.0. The molecule has 0 aliphatic heterocycles. The summed E-state index contributed by atoms with van der Waals surface area (Å²) in [6.45, 7) is 2.42. The van der Waals surface area contributed by atoms with Gasteiger partial charge in [0.1, 0.15) is 31.8 Å².